The van der Waals surface area contributed by atoms with E-state index in [0.717, 1.165) is 5.56 Å². The Morgan fingerprint density at radius 1 is 1.00 bits per heavy atom. The molecule has 0 aliphatic carbocycles. The summed E-state index contributed by atoms with van der Waals surface area (Å²) in [5, 5.41) is 8.38. The van der Waals surface area contributed by atoms with Gasteiger partial charge in [0.15, 0.2) is 0 Å². The zero-order valence-electron chi connectivity index (χ0n) is 12.6. The summed E-state index contributed by atoms with van der Waals surface area (Å²) in [5.74, 6) is -0.879. The number of hydrogen-bond acceptors (Lipinski definition) is 4. The van der Waals surface area contributed by atoms with Crippen LogP contribution in [0.2, 0.25) is 0 Å². The van der Waals surface area contributed by atoms with Gasteiger partial charge in [-0.3, -0.25) is 0 Å². The molecule has 0 spiro atoms. The average molecular weight is 316 g/mol. The summed E-state index contributed by atoms with van der Waals surface area (Å²) in [5.41, 5.74) is 12.0. The molecule has 122 valence electrons. The number of carboxylic acid groups (broad SMARTS) is 1. The minimum atomic E-state index is -0.879. The first-order valence-electron chi connectivity index (χ1n) is 6.99. The molecule has 0 unspecified atom stereocenters. The Bertz CT molecular complexity index is 603. The maximum atomic E-state index is 10.3. The van der Waals surface area contributed by atoms with Crippen molar-refractivity contribution in [2.24, 2.45) is 11.5 Å². The Morgan fingerprint density at radius 2 is 1.52 bits per heavy atom. The molecule has 2 aromatic rings. The van der Waals surface area contributed by atoms with Crippen LogP contribution >= 0.6 is 0 Å². The lowest BCUT2D eigenvalue weighted by Crippen LogP contribution is -2.31. The molecule has 0 bridgehead atoms. The zero-order valence-corrected chi connectivity index (χ0v) is 12.6. The second-order valence-electron chi connectivity index (χ2n) is 4.75. The summed E-state index contributed by atoms with van der Waals surface area (Å²) < 4.78 is 4.59. The number of primary amides is 1. The molecular formula is C17H20N2O4. The minimum absolute atomic E-state index is 0.157. The van der Waals surface area contributed by atoms with Gasteiger partial charge in [0.25, 0.3) is 0 Å². The van der Waals surface area contributed by atoms with E-state index >= 15 is 0 Å². The summed E-state index contributed by atoms with van der Waals surface area (Å²) in [6.07, 6.45) is -0.109. The number of carbonyl (C=O) groups excluding carboxylic acids is 1. The summed E-state index contributed by atoms with van der Waals surface area (Å²) >= 11 is 0. The summed E-state index contributed by atoms with van der Waals surface area (Å²) in [7, 11) is 0. The van der Waals surface area contributed by atoms with E-state index in [0.29, 0.717) is 12.0 Å². The van der Waals surface area contributed by atoms with Crippen molar-refractivity contribution >= 4 is 12.1 Å². The molecule has 0 radical (unpaired) electrons. The van der Waals surface area contributed by atoms with Crippen molar-refractivity contribution < 1.29 is 19.4 Å². The Labute approximate surface area is 134 Å². The summed E-state index contributed by atoms with van der Waals surface area (Å²) in [6.45, 7) is 0.157. The Morgan fingerprint density at radius 3 is 1.96 bits per heavy atom. The number of nitrogens with two attached hydrogens (primary N) is 2. The minimum Gasteiger partial charge on any atom is -0.478 e. The van der Waals surface area contributed by atoms with Crippen LogP contribution in [0.5, 0.6) is 0 Å². The molecule has 2 rings (SSSR count). The van der Waals surface area contributed by atoms with Crippen molar-refractivity contribution in [2.45, 2.75) is 12.5 Å². The fourth-order valence-electron chi connectivity index (χ4n) is 1.75. The van der Waals surface area contributed by atoms with Gasteiger partial charge in [0.05, 0.1) is 5.56 Å². The molecule has 2 aromatic carbocycles. The lowest BCUT2D eigenvalue weighted by molar-refractivity contribution is 0.0697. The quantitative estimate of drug-likeness (QED) is 0.780. The van der Waals surface area contributed by atoms with Crippen molar-refractivity contribution in [3.05, 3.63) is 71.8 Å². The van der Waals surface area contributed by atoms with Gasteiger partial charge in [-0.1, -0.05) is 48.5 Å². The molecule has 1 atom stereocenters. The number of carbonyl (C=O) groups is 2. The van der Waals surface area contributed by atoms with E-state index < -0.39 is 12.1 Å². The fourth-order valence-corrected chi connectivity index (χ4v) is 1.75. The van der Waals surface area contributed by atoms with Crippen LogP contribution in [0.1, 0.15) is 15.9 Å². The maximum Gasteiger partial charge on any atom is 0.404 e. The first-order chi connectivity index (χ1) is 11.0. The maximum absolute atomic E-state index is 10.3. The largest absolute Gasteiger partial charge is 0.478 e. The number of amides is 1. The van der Waals surface area contributed by atoms with Crippen molar-refractivity contribution in [2.75, 3.05) is 6.61 Å². The predicted octanol–water partition coefficient (Wildman–Crippen LogP) is 2.04. The van der Waals surface area contributed by atoms with Crippen molar-refractivity contribution in [3.8, 4) is 0 Å². The van der Waals surface area contributed by atoms with Crippen LogP contribution in [0.3, 0.4) is 0 Å². The van der Waals surface area contributed by atoms with Gasteiger partial charge >= 0.3 is 12.1 Å². The second kappa shape index (κ2) is 9.97. The first kappa shape index (κ1) is 18.2. The monoisotopic (exact) mass is 316 g/mol. The molecule has 0 saturated heterocycles. The lowest BCUT2D eigenvalue weighted by atomic mass is 10.1. The Balaban J connectivity index is 0.000000253. The number of ether oxygens (including phenoxy) is 1. The predicted molar refractivity (Wildman–Crippen MR) is 87.1 cm³/mol. The van der Waals surface area contributed by atoms with Crippen LogP contribution in [0.15, 0.2) is 60.7 Å². The number of benzene rings is 2. The van der Waals surface area contributed by atoms with Crippen LogP contribution in [0.25, 0.3) is 0 Å². The number of carboxylic acids is 1. The fraction of sp³-hybridized carbons (Fsp3) is 0.176. The van der Waals surface area contributed by atoms with Crippen molar-refractivity contribution in [3.63, 3.8) is 0 Å². The van der Waals surface area contributed by atoms with E-state index in [1.807, 2.05) is 30.3 Å². The highest BCUT2D eigenvalue weighted by Crippen LogP contribution is 2.01. The number of aromatic carboxylic acids is 1. The normalized spacial score (nSPS) is 10.8. The first-order valence-corrected chi connectivity index (χ1v) is 6.99. The molecule has 0 saturated carbocycles. The SMILES string of the molecule is NC(=O)OC[C@H](N)Cc1ccccc1.O=C(O)c1ccccc1. The molecule has 0 fully saturated rings. The summed E-state index contributed by atoms with van der Waals surface area (Å²) in [6, 6.07) is 17.9. The van der Waals surface area contributed by atoms with E-state index in [9.17, 15) is 9.59 Å². The van der Waals surface area contributed by atoms with E-state index in [2.05, 4.69) is 4.74 Å². The molecule has 5 N–H and O–H groups in total. The van der Waals surface area contributed by atoms with Crippen molar-refractivity contribution in [1.82, 2.24) is 0 Å². The molecular weight excluding hydrogens is 296 g/mol. The third-order valence-corrected chi connectivity index (χ3v) is 2.80. The van der Waals surface area contributed by atoms with Gasteiger partial charge in [0.1, 0.15) is 6.61 Å². The van der Waals surface area contributed by atoms with E-state index in [1.54, 1.807) is 30.3 Å². The topological polar surface area (TPSA) is 116 Å². The lowest BCUT2D eigenvalue weighted by Gasteiger charge is -2.10. The van der Waals surface area contributed by atoms with Gasteiger partial charge in [-0.25, -0.2) is 9.59 Å². The van der Waals surface area contributed by atoms with Crippen LogP contribution in [-0.4, -0.2) is 29.8 Å². The highest BCUT2D eigenvalue weighted by molar-refractivity contribution is 5.87. The van der Waals surface area contributed by atoms with E-state index in [1.165, 1.54) is 0 Å². The highest BCUT2D eigenvalue weighted by atomic mass is 16.5. The average Bonchev–Trinajstić information content (AvgIpc) is 2.55. The van der Waals surface area contributed by atoms with Crippen LogP contribution in [0.4, 0.5) is 4.79 Å². The Hall–Kier alpha value is -2.86. The van der Waals surface area contributed by atoms with Crippen LogP contribution < -0.4 is 11.5 Å². The third-order valence-electron chi connectivity index (χ3n) is 2.80. The van der Waals surface area contributed by atoms with Gasteiger partial charge in [-0.2, -0.15) is 0 Å². The van der Waals surface area contributed by atoms with Gasteiger partial charge in [0.2, 0.25) is 0 Å². The van der Waals surface area contributed by atoms with Crippen LogP contribution in [0, 0.1) is 0 Å². The zero-order chi connectivity index (χ0) is 17.1. The Kier molecular flexibility index (Phi) is 7.88. The molecule has 1 amide bonds. The number of rotatable bonds is 5. The number of hydrogen-bond donors (Lipinski definition) is 3. The van der Waals surface area contributed by atoms with Gasteiger partial charge in [-0.15, -0.1) is 0 Å². The third kappa shape index (κ3) is 8.23. The molecule has 0 aliphatic heterocycles. The van der Waals surface area contributed by atoms with Crippen molar-refractivity contribution in [1.29, 1.82) is 0 Å². The molecule has 0 aliphatic rings. The second-order valence-corrected chi connectivity index (χ2v) is 4.75. The van der Waals surface area contributed by atoms with E-state index in [-0.39, 0.29) is 12.6 Å². The molecule has 23 heavy (non-hydrogen) atoms. The van der Waals surface area contributed by atoms with Gasteiger partial charge in [0, 0.05) is 6.04 Å². The molecule has 0 aromatic heterocycles. The van der Waals surface area contributed by atoms with Gasteiger partial charge < -0.3 is 21.3 Å². The smallest absolute Gasteiger partial charge is 0.404 e. The summed E-state index contributed by atoms with van der Waals surface area (Å²) in [4.78, 5) is 20.5. The van der Waals surface area contributed by atoms with E-state index in [4.69, 9.17) is 16.6 Å². The standard InChI is InChI=1S/C10H14N2O2.C7H6O2/c11-9(7-14-10(12)13)6-8-4-2-1-3-5-8;8-7(9)6-4-2-1-3-5-6/h1-5,9H,6-7,11H2,(H2,12,13);1-5H,(H,8,9)/t9-;/m1./s1. The molecule has 0 heterocycles. The molecule has 6 nitrogen and oxygen atoms in total. The van der Waals surface area contributed by atoms with Gasteiger partial charge in [-0.05, 0) is 24.1 Å². The molecule has 6 heteroatoms. The highest BCUT2D eigenvalue weighted by Gasteiger charge is 2.05. The van der Waals surface area contributed by atoms with Crippen LogP contribution in [-0.2, 0) is 11.2 Å².